The van der Waals surface area contributed by atoms with E-state index in [1.54, 1.807) is 30.3 Å². The molecule has 0 bridgehead atoms. The van der Waals surface area contributed by atoms with Crippen molar-refractivity contribution >= 4 is 40.6 Å². The molecular formula is C24H18ClNO3S. The molecule has 6 heteroatoms. The molecule has 2 amide bonds. The van der Waals surface area contributed by atoms with E-state index in [9.17, 15) is 14.7 Å². The van der Waals surface area contributed by atoms with Crippen LogP contribution in [0.1, 0.15) is 22.3 Å². The first kappa shape index (κ1) is 20.3. The molecule has 0 aromatic heterocycles. The van der Waals surface area contributed by atoms with Gasteiger partial charge in [-0.2, -0.15) is 0 Å². The van der Waals surface area contributed by atoms with Gasteiger partial charge in [0.05, 0.1) is 11.4 Å². The van der Waals surface area contributed by atoms with E-state index < -0.39 is 5.91 Å². The van der Waals surface area contributed by atoms with Gasteiger partial charge in [0.2, 0.25) is 0 Å². The molecule has 1 aliphatic heterocycles. The second-order valence-electron chi connectivity index (χ2n) is 6.91. The summed E-state index contributed by atoms with van der Waals surface area (Å²) in [6.45, 7) is 0.113. The number of imide groups is 1. The smallest absolute Gasteiger partial charge is 0.293 e. The highest BCUT2D eigenvalue weighted by atomic mass is 35.5. The Morgan fingerprint density at radius 2 is 1.67 bits per heavy atom. The van der Waals surface area contributed by atoms with Gasteiger partial charge in [0.15, 0.2) is 0 Å². The Kier molecular flexibility index (Phi) is 5.93. The van der Waals surface area contributed by atoms with Crippen molar-refractivity contribution in [3.63, 3.8) is 0 Å². The minimum atomic E-state index is -0.391. The number of rotatable bonds is 5. The Morgan fingerprint density at radius 3 is 2.43 bits per heavy atom. The first-order chi connectivity index (χ1) is 14.5. The van der Waals surface area contributed by atoms with E-state index in [2.05, 4.69) is 0 Å². The highest BCUT2D eigenvalue weighted by Gasteiger charge is 2.35. The van der Waals surface area contributed by atoms with Crippen molar-refractivity contribution in [2.45, 2.75) is 13.0 Å². The third-order valence-electron chi connectivity index (χ3n) is 4.79. The second-order valence-corrected chi connectivity index (χ2v) is 8.32. The maximum Gasteiger partial charge on any atom is 0.293 e. The zero-order valence-electron chi connectivity index (χ0n) is 15.9. The van der Waals surface area contributed by atoms with Crippen molar-refractivity contribution in [3.05, 3.63) is 105 Å². The van der Waals surface area contributed by atoms with Crippen LogP contribution < -0.4 is 0 Å². The summed E-state index contributed by atoms with van der Waals surface area (Å²) in [5.41, 5.74) is 3.36. The average molecular weight is 436 g/mol. The molecule has 0 aliphatic carbocycles. The van der Waals surface area contributed by atoms with Crippen molar-refractivity contribution in [3.8, 4) is 5.75 Å². The molecule has 1 saturated heterocycles. The van der Waals surface area contributed by atoms with Crippen LogP contribution in [0, 0.1) is 0 Å². The fourth-order valence-corrected chi connectivity index (χ4v) is 4.26. The van der Waals surface area contributed by atoms with Crippen LogP contribution in [0.3, 0.4) is 0 Å². The van der Waals surface area contributed by atoms with Crippen molar-refractivity contribution < 1.29 is 14.7 Å². The standard InChI is InChI=1S/C24H18ClNO3S/c25-20-9-5-4-8-18(20)15-26-23(28)22(30-24(26)29)14-19-13-17(10-11-21(19)27)12-16-6-2-1-3-7-16/h1-11,13-14,27H,12,15H2/b22-14-. The van der Waals surface area contributed by atoms with Crippen LogP contribution in [0.15, 0.2) is 77.7 Å². The van der Waals surface area contributed by atoms with E-state index in [0.717, 1.165) is 22.9 Å². The number of phenolic OH excluding ortho intramolecular Hbond substituents is 1. The van der Waals surface area contributed by atoms with Crippen LogP contribution in [0.2, 0.25) is 5.02 Å². The fourth-order valence-electron chi connectivity index (χ4n) is 3.24. The molecular weight excluding hydrogens is 418 g/mol. The van der Waals surface area contributed by atoms with Crippen LogP contribution in [-0.2, 0) is 17.8 Å². The predicted octanol–water partition coefficient (Wildman–Crippen LogP) is 5.87. The van der Waals surface area contributed by atoms with Crippen LogP contribution >= 0.6 is 23.4 Å². The van der Waals surface area contributed by atoms with E-state index >= 15 is 0 Å². The molecule has 0 unspecified atom stereocenters. The summed E-state index contributed by atoms with van der Waals surface area (Å²) in [5, 5.41) is 10.4. The largest absolute Gasteiger partial charge is 0.507 e. The van der Waals surface area contributed by atoms with E-state index in [-0.39, 0.29) is 22.4 Å². The summed E-state index contributed by atoms with van der Waals surface area (Å²) < 4.78 is 0. The van der Waals surface area contributed by atoms with Gasteiger partial charge in [0.25, 0.3) is 11.1 Å². The van der Waals surface area contributed by atoms with E-state index in [1.165, 1.54) is 4.90 Å². The molecule has 150 valence electrons. The number of hydrogen-bond acceptors (Lipinski definition) is 4. The number of nitrogens with zero attached hydrogens (tertiary/aromatic N) is 1. The molecule has 1 fully saturated rings. The number of carbonyl (C=O) groups excluding carboxylic acids is 2. The normalized spacial score (nSPS) is 15.2. The number of carbonyl (C=O) groups is 2. The lowest BCUT2D eigenvalue weighted by Crippen LogP contribution is -2.27. The number of halogens is 1. The van der Waals surface area contributed by atoms with Gasteiger partial charge in [-0.1, -0.05) is 66.2 Å². The molecule has 0 atom stereocenters. The first-order valence-electron chi connectivity index (χ1n) is 9.36. The first-order valence-corrected chi connectivity index (χ1v) is 10.6. The van der Waals surface area contributed by atoms with Crippen molar-refractivity contribution in [2.75, 3.05) is 0 Å². The number of benzene rings is 3. The maximum absolute atomic E-state index is 12.8. The van der Waals surface area contributed by atoms with Crippen LogP contribution in [-0.4, -0.2) is 21.2 Å². The van der Waals surface area contributed by atoms with Gasteiger partial charge < -0.3 is 5.11 Å². The summed E-state index contributed by atoms with van der Waals surface area (Å²) >= 11 is 7.03. The molecule has 1 heterocycles. The molecule has 1 N–H and O–H groups in total. The topological polar surface area (TPSA) is 57.6 Å². The summed E-state index contributed by atoms with van der Waals surface area (Å²) in [6.07, 6.45) is 2.28. The Bertz CT molecular complexity index is 1140. The fraction of sp³-hybridized carbons (Fsp3) is 0.0833. The van der Waals surface area contributed by atoms with Gasteiger partial charge in [0.1, 0.15) is 5.75 Å². The quantitative estimate of drug-likeness (QED) is 0.509. The van der Waals surface area contributed by atoms with Gasteiger partial charge >= 0.3 is 0 Å². The molecule has 0 saturated carbocycles. The molecule has 4 rings (SSSR count). The third-order valence-corrected chi connectivity index (χ3v) is 6.07. The van der Waals surface area contributed by atoms with Crippen molar-refractivity contribution in [1.82, 2.24) is 4.90 Å². The molecule has 0 radical (unpaired) electrons. The summed E-state index contributed by atoms with van der Waals surface area (Å²) in [6, 6.07) is 22.4. The number of amides is 2. The highest BCUT2D eigenvalue weighted by Crippen LogP contribution is 2.35. The highest BCUT2D eigenvalue weighted by molar-refractivity contribution is 8.18. The van der Waals surface area contributed by atoms with Crippen molar-refractivity contribution in [2.24, 2.45) is 0 Å². The third kappa shape index (κ3) is 4.42. The van der Waals surface area contributed by atoms with Gasteiger partial charge in [-0.15, -0.1) is 0 Å². The van der Waals surface area contributed by atoms with Gasteiger partial charge in [-0.05, 0) is 59.1 Å². The number of hydrogen-bond donors (Lipinski definition) is 1. The van der Waals surface area contributed by atoms with Crippen LogP contribution in [0.5, 0.6) is 5.75 Å². The monoisotopic (exact) mass is 435 g/mol. The lowest BCUT2D eigenvalue weighted by Gasteiger charge is -2.13. The van der Waals surface area contributed by atoms with Gasteiger partial charge in [-0.3, -0.25) is 14.5 Å². The van der Waals surface area contributed by atoms with Crippen LogP contribution in [0.4, 0.5) is 4.79 Å². The van der Waals surface area contributed by atoms with E-state index in [0.29, 0.717) is 22.6 Å². The number of thioether (sulfide) groups is 1. The molecule has 30 heavy (non-hydrogen) atoms. The maximum atomic E-state index is 12.8. The summed E-state index contributed by atoms with van der Waals surface area (Å²) in [7, 11) is 0. The summed E-state index contributed by atoms with van der Waals surface area (Å²) in [4.78, 5) is 26.7. The molecule has 4 nitrogen and oxygen atoms in total. The minimum absolute atomic E-state index is 0.0599. The Balaban J connectivity index is 1.57. The van der Waals surface area contributed by atoms with Crippen molar-refractivity contribution in [1.29, 1.82) is 0 Å². The molecule has 3 aromatic carbocycles. The molecule has 1 aliphatic rings. The Hall–Kier alpha value is -3.02. The van der Waals surface area contributed by atoms with Gasteiger partial charge in [0, 0.05) is 10.6 Å². The average Bonchev–Trinajstić information content (AvgIpc) is 3.00. The second kappa shape index (κ2) is 8.78. The SMILES string of the molecule is O=C1S/C(=C\c2cc(Cc3ccccc3)ccc2O)C(=O)N1Cc1ccccc1Cl. The zero-order chi connectivity index (χ0) is 21.1. The molecule has 0 spiro atoms. The van der Waals surface area contributed by atoms with E-state index in [1.807, 2.05) is 48.5 Å². The predicted molar refractivity (Wildman–Crippen MR) is 120 cm³/mol. The van der Waals surface area contributed by atoms with E-state index in [4.69, 9.17) is 11.6 Å². The molecule has 3 aromatic rings. The van der Waals surface area contributed by atoms with Crippen LogP contribution in [0.25, 0.3) is 6.08 Å². The summed E-state index contributed by atoms with van der Waals surface area (Å²) in [5.74, 6) is -0.331. The Labute approximate surface area is 183 Å². The zero-order valence-corrected chi connectivity index (χ0v) is 17.5. The Morgan fingerprint density at radius 1 is 0.933 bits per heavy atom. The van der Waals surface area contributed by atoms with Gasteiger partial charge in [-0.25, -0.2) is 0 Å². The minimum Gasteiger partial charge on any atom is -0.507 e. The lowest BCUT2D eigenvalue weighted by atomic mass is 10.0. The number of aromatic hydroxyl groups is 1. The lowest BCUT2D eigenvalue weighted by molar-refractivity contribution is -0.123. The number of phenols is 1.